The van der Waals surface area contributed by atoms with E-state index < -0.39 is 57.1 Å². The zero-order valence-corrected chi connectivity index (χ0v) is 19.9. The number of hydrogen-bond donors (Lipinski definition) is 3. The summed E-state index contributed by atoms with van der Waals surface area (Å²) in [5.41, 5.74) is 2.85. The number of β-lactam (4-membered cyclic amide) rings is 1. The van der Waals surface area contributed by atoms with Gasteiger partial charge in [-0.25, -0.2) is 14.1 Å². The summed E-state index contributed by atoms with van der Waals surface area (Å²) in [5, 5.41) is 7.61. The molecule has 2 rings (SSSR count). The normalized spacial score (nSPS) is 19.9. The van der Waals surface area contributed by atoms with Gasteiger partial charge in [-0.05, 0) is 41.5 Å². The predicted octanol–water partition coefficient (Wildman–Crippen LogP) is 0.0846. The van der Waals surface area contributed by atoms with Gasteiger partial charge in [0, 0.05) is 5.38 Å². The Morgan fingerprint density at radius 1 is 1.31 bits per heavy atom. The summed E-state index contributed by atoms with van der Waals surface area (Å²) in [7, 11) is -4.76. The Balaban J connectivity index is 2.26. The van der Waals surface area contributed by atoms with Gasteiger partial charge in [-0.2, -0.15) is 8.42 Å². The second-order valence-corrected chi connectivity index (χ2v) is 10.6. The molecule has 178 valence electrons. The van der Waals surface area contributed by atoms with Gasteiger partial charge >= 0.3 is 16.3 Å². The summed E-state index contributed by atoms with van der Waals surface area (Å²) in [5.74, 6) is -2.70. The van der Waals surface area contributed by atoms with Gasteiger partial charge in [-0.3, -0.25) is 14.1 Å². The number of esters is 1. The minimum absolute atomic E-state index is 0.0102. The molecule has 1 aromatic heterocycles. The molecule has 1 fully saturated rings. The first-order chi connectivity index (χ1) is 14.4. The number of nitrogen functional groups attached to an aromatic ring is 1. The van der Waals surface area contributed by atoms with E-state index in [4.69, 9.17) is 19.9 Å². The number of rotatable bonds is 7. The van der Waals surface area contributed by atoms with Crippen LogP contribution in [-0.2, 0) is 34.3 Å². The Morgan fingerprint density at radius 2 is 1.91 bits per heavy atom. The number of nitrogens with one attached hydrogen (secondary N) is 1. The van der Waals surface area contributed by atoms with E-state index in [9.17, 15) is 22.8 Å². The summed E-state index contributed by atoms with van der Waals surface area (Å²) in [4.78, 5) is 46.5. The fraction of sp³-hybridized carbons (Fsp3) is 0.588. The molecule has 32 heavy (non-hydrogen) atoms. The lowest BCUT2D eigenvalue weighted by molar-refractivity contribution is -0.179. The summed E-state index contributed by atoms with van der Waals surface area (Å²) in [6.45, 7) is 9.11. The minimum atomic E-state index is -4.76. The molecule has 1 aliphatic heterocycles. The van der Waals surface area contributed by atoms with E-state index in [1.165, 1.54) is 26.2 Å². The van der Waals surface area contributed by atoms with E-state index in [2.05, 4.69) is 15.5 Å². The summed E-state index contributed by atoms with van der Waals surface area (Å²) >= 11 is 1.01. The van der Waals surface area contributed by atoms with Crippen molar-refractivity contribution in [2.24, 2.45) is 5.16 Å². The van der Waals surface area contributed by atoms with Gasteiger partial charge in [0.25, 0.3) is 11.8 Å². The fourth-order valence-corrected chi connectivity index (χ4v) is 3.94. The molecular weight excluding hydrogens is 466 g/mol. The lowest BCUT2D eigenvalue weighted by Gasteiger charge is -2.42. The molecular formula is C17H25N5O8S2. The van der Waals surface area contributed by atoms with Gasteiger partial charge in [0.15, 0.2) is 10.8 Å². The van der Waals surface area contributed by atoms with Crippen molar-refractivity contribution in [2.45, 2.75) is 64.8 Å². The number of oxime groups is 1. The number of carbonyl (C=O) groups excluding carboxylic acids is 3. The van der Waals surface area contributed by atoms with E-state index in [1.807, 2.05) is 0 Å². The van der Waals surface area contributed by atoms with Crippen LogP contribution in [0.4, 0.5) is 5.13 Å². The highest BCUT2D eigenvalue weighted by molar-refractivity contribution is 7.84. The molecule has 0 unspecified atom stereocenters. The third kappa shape index (κ3) is 5.72. The number of carbonyl (C=O) groups is 3. The minimum Gasteiger partial charge on any atom is -0.457 e. The molecule has 2 atom stereocenters. The van der Waals surface area contributed by atoms with E-state index in [-0.39, 0.29) is 15.1 Å². The van der Waals surface area contributed by atoms with Crippen molar-refractivity contribution < 1.29 is 36.9 Å². The molecule has 15 heteroatoms. The number of hydrogen-bond acceptors (Lipinski definition) is 11. The fourth-order valence-electron chi connectivity index (χ4n) is 2.51. The standard InChI is InChI=1S/C17H25N5O8S2/c1-8-10(13(24)22(8)32(26,27)28)20-12(23)11(9-7-31-15(18)19-9)21-30-17(5,6)14(25)29-16(2,3)4/h7-8,10H,1-6H3,(H2,18,19)(H,20,23)(H,26,27,28)/t8-,10-/m0/s1. The molecule has 1 aliphatic rings. The molecule has 0 aromatic carbocycles. The molecule has 2 amide bonds. The maximum Gasteiger partial charge on any atom is 0.362 e. The Bertz CT molecular complexity index is 1060. The van der Waals surface area contributed by atoms with Gasteiger partial charge < -0.3 is 20.6 Å². The Hall–Kier alpha value is -2.78. The van der Waals surface area contributed by atoms with Crippen LogP contribution in [0, 0.1) is 0 Å². The van der Waals surface area contributed by atoms with Crippen LogP contribution >= 0.6 is 11.3 Å². The van der Waals surface area contributed by atoms with Crippen molar-refractivity contribution in [3.05, 3.63) is 11.1 Å². The van der Waals surface area contributed by atoms with Gasteiger partial charge in [-0.15, -0.1) is 11.3 Å². The van der Waals surface area contributed by atoms with Crippen molar-refractivity contribution in [1.82, 2.24) is 14.6 Å². The molecule has 0 spiro atoms. The maximum atomic E-state index is 12.8. The number of thiazole rings is 1. The molecule has 13 nitrogen and oxygen atoms in total. The molecule has 0 bridgehead atoms. The highest BCUT2D eigenvalue weighted by Crippen LogP contribution is 2.24. The molecule has 4 N–H and O–H groups in total. The van der Waals surface area contributed by atoms with Crippen LogP contribution in [0.2, 0.25) is 0 Å². The number of anilines is 1. The monoisotopic (exact) mass is 491 g/mol. The van der Waals surface area contributed by atoms with Crippen LogP contribution in [-0.4, -0.2) is 69.0 Å². The van der Waals surface area contributed by atoms with Crippen LogP contribution in [0.3, 0.4) is 0 Å². The molecule has 1 saturated heterocycles. The third-order valence-electron chi connectivity index (χ3n) is 4.11. The zero-order chi connectivity index (χ0) is 24.6. The first-order valence-electron chi connectivity index (χ1n) is 9.26. The maximum absolute atomic E-state index is 12.8. The molecule has 0 saturated carbocycles. The molecule has 1 aromatic rings. The largest absolute Gasteiger partial charge is 0.457 e. The van der Waals surface area contributed by atoms with Crippen molar-refractivity contribution >= 4 is 50.3 Å². The highest BCUT2D eigenvalue weighted by atomic mass is 32.2. The Kier molecular flexibility index (Phi) is 6.87. The highest BCUT2D eigenvalue weighted by Gasteiger charge is 2.51. The number of nitrogens with two attached hydrogens (primary N) is 1. The van der Waals surface area contributed by atoms with Gasteiger partial charge in [-0.1, -0.05) is 5.16 Å². The topological polar surface area (TPSA) is 191 Å². The van der Waals surface area contributed by atoms with E-state index in [0.29, 0.717) is 0 Å². The number of ether oxygens (including phenoxy) is 1. The van der Waals surface area contributed by atoms with Gasteiger partial charge in [0.2, 0.25) is 5.60 Å². The summed E-state index contributed by atoms with van der Waals surface area (Å²) in [6, 6.07) is -2.29. The zero-order valence-electron chi connectivity index (χ0n) is 18.3. The first-order valence-corrected chi connectivity index (χ1v) is 11.5. The average Bonchev–Trinajstić information content (AvgIpc) is 3.03. The molecule has 0 aliphatic carbocycles. The SMILES string of the molecule is C[C@H]1[C@H](NC(=O)C(=NOC(C)(C)C(=O)OC(C)(C)C)c2csc(N)n2)C(=O)N1S(=O)(=O)O. The summed E-state index contributed by atoms with van der Waals surface area (Å²) in [6.07, 6.45) is 0. The number of amides is 2. The van der Waals surface area contributed by atoms with E-state index in [0.717, 1.165) is 11.3 Å². The predicted molar refractivity (Wildman–Crippen MR) is 114 cm³/mol. The second kappa shape index (κ2) is 8.63. The lowest BCUT2D eigenvalue weighted by atomic mass is 10.0. The second-order valence-electron chi connectivity index (χ2n) is 8.42. The average molecular weight is 492 g/mol. The van der Waals surface area contributed by atoms with Crippen LogP contribution in [0.25, 0.3) is 0 Å². The van der Waals surface area contributed by atoms with Crippen molar-refractivity contribution in [3.8, 4) is 0 Å². The van der Waals surface area contributed by atoms with Crippen LogP contribution < -0.4 is 11.1 Å². The quantitative estimate of drug-likeness (QED) is 0.155. The Labute approximate surface area is 188 Å². The van der Waals surface area contributed by atoms with E-state index >= 15 is 0 Å². The number of nitrogens with zero attached hydrogens (tertiary/aromatic N) is 3. The van der Waals surface area contributed by atoms with E-state index in [1.54, 1.807) is 20.8 Å². The van der Waals surface area contributed by atoms with Crippen LogP contribution in [0.15, 0.2) is 10.5 Å². The van der Waals surface area contributed by atoms with Crippen LogP contribution in [0.5, 0.6) is 0 Å². The summed E-state index contributed by atoms with van der Waals surface area (Å²) < 4.78 is 37.1. The Morgan fingerprint density at radius 3 is 2.34 bits per heavy atom. The number of aromatic nitrogens is 1. The van der Waals surface area contributed by atoms with Crippen LogP contribution in [0.1, 0.15) is 47.2 Å². The lowest BCUT2D eigenvalue weighted by Crippen LogP contribution is -2.71. The smallest absolute Gasteiger partial charge is 0.362 e. The molecule has 2 heterocycles. The van der Waals surface area contributed by atoms with Crippen molar-refractivity contribution in [2.75, 3.05) is 5.73 Å². The van der Waals surface area contributed by atoms with Gasteiger partial charge in [0.1, 0.15) is 17.3 Å². The van der Waals surface area contributed by atoms with Crippen molar-refractivity contribution in [3.63, 3.8) is 0 Å². The van der Waals surface area contributed by atoms with Crippen molar-refractivity contribution in [1.29, 1.82) is 0 Å². The third-order valence-corrected chi connectivity index (χ3v) is 5.79. The van der Waals surface area contributed by atoms with Gasteiger partial charge in [0.05, 0.1) is 6.04 Å². The first kappa shape index (κ1) is 25.5. The molecule has 0 radical (unpaired) electrons.